The molecule has 1 heterocycles. The number of amides is 1. The lowest BCUT2D eigenvalue weighted by molar-refractivity contribution is -0.135. The maximum Gasteiger partial charge on any atom is 0.225 e. The Morgan fingerprint density at radius 3 is 2.52 bits per heavy atom. The average Bonchev–Trinajstić information content (AvgIpc) is 3.09. The molecule has 2 fully saturated rings. The van der Waals surface area contributed by atoms with Crippen LogP contribution in [0.5, 0.6) is 0 Å². The van der Waals surface area contributed by atoms with Crippen LogP contribution in [0.3, 0.4) is 0 Å². The fourth-order valence-corrected chi connectivity index (χ4v) is 4.08. The predicted octanol–water partition coefficient (Wildman–Crippen LogP) is 2.78. The first-order valence-electron chi connectivity index (χ1n) is 10.7. The molecule has 1 saturated carbocycles. The standard InChI is InChI=1S/C21H40N4O2/c1-6-22-20(23-14-18(27-5)21(2,3)4)24-17-12-13-25(15-17)19(26)16-10-8-7-9-11-16/h16-18H,6-15H2,1-5H3,(H2,22,23,24). The number of carbonyl (C=O) groups is 1. The summed E-state index contributed by atoms with van der Waals surface area (Å²) in [5.41, 5.74) is 0.0478. The second kappa shape index (κ2) is 10.3. The molecule has 2 unspecified atom stereocenters. The Labute approximate surface area is 165 Å². The summed E-state index contributed by atoms with van der Waals surface area (Å²) >= 11 is 0. The van der Waals surface area contributed by atoms with Gasteiger partial charge in [0.2, 0.25) is 5.91 Å². The molecule has 156 valence electrons. The molecule has 1 aliphatic heterocycles. The number of ether oxygens (including phenoxy) is 1. The zero-order chi connectivity index (χ0) is 19.9. The van der Waals surface area contributed by atoms with Crippen LogP contribution >= 0.6 is 0 Å². The van der Waals surface area contributed by atoms with Gasteiger partial charge in [-0.2, -0.15) is 0 Å². The van der Waals surface area contributed by atoms with Gasteiger partial charge in [0, 0.05) is 38.7 Å². The van der Waals surface area contributed by atoms with E-state index in [1.807, 2.05) is 0 Å². The summed E-state index contributed by atoms with van der Waals surface area (Å²) in [4.78, 5) is 19.6. The second-order valence-electron chi connectivity index (χ2n) is 9.06. The minimum Gasteiger partial charge on any atom is -0.379 e. The van der Waals surface area contributed by atoms with Crippen molar-refractivity contribution in [3.63, 3.8) is 0 Å². The fourth-order valence-electron chi connectivity index (χ4n) is 4.08. The molecule has 6 heteroatoms. The van der Waals surface area contributed by atoms with Gasteiger partial charge in [0.1, 0.15) is 0 Å². The van der Waals surface area contributed by atoms with E-state index in [4.69, 9.17) is 9.73 Å². The Kier molecular flexibility index (Phi) is 8.39. The van der Waals surface area contributed by atoms with Gasteiger partial charge in [0.15, 0.2) is 5.96 Å². The largest absolute Gasteiger partial charge is 0.379 e. The summed E-state index contributed by atoms with van der Waals surface area (Å²) in [5.74, 6) is 1.45. The Balaban J connectivity index is 1.89. The van der Waals surface area contributed by atoms with Gasteiger partial charge in [-0.3, -0.25) is 9.79 Å². The average molecular weight is 381 g/mol. The Bertz CT molecular complexity index is 495. The van der Waals surface area contributed by atoms with E-state index in [0.717, 1.165) is 44.9 Å². The highest BCUT2D eigenvalue weighted by Crippen LogP contribution is 2.27. The van der Waals surface area contributed by atoms with Crippen molar-refractivity contribution in [1.82, 2.24) is 15.5 Å². The molecule has 0 radical (unpaired) electrons. The van der Waals surface area contributed by atoms with Gasteiger partial charge in [-0.25, -0.2) is 0 Å². The van der Waals surface area contributed by atoms with Gasteiger partial charge in [0.25, 0.3) is 0 Å². The van der Waals surface area contributed by atoms with Crippen molar-refractivity contribution in [3.8, 4) is 0 Å². The van der Waals surface area contributed by atoms with Gasteiger partial charge in [-0.15, -0.1) is 0 Å². The Hall–Kier alpha value is -1.30. The van der Waals surface area contributed by atoms with Crippen molar-refractivity contribution >= 4 is 11.9 Å². The lowest BCUT2D eigenvalue weighted by Gasteiger charge is -2.28. The third kappa shape index (κ3) is 6.66. The van der Waals surface area contributed by atoms with Crippen molar-refractivity contribution in [3.05, 3.63) is 0 Å². The van der Waals surface area contributed by atoms with E-state index in [-0.39, 0.29) is 23.5 Å². The highest BCUT2D eigenvalue weighted by Gasteiger charge is 2.32. The zero-order valence-corrected chi connectivity index (χ0v) is 18.0. The minimum absolute atomic E-state index is 0.0478. The second-order valence-corrected chi connectivity index (χ2v) is 9.06. The molecule has 2 N–H and O–H groups in total. The van der Waals surface area contributed by atoms with Crippen LogP contribution in [0.2, 0.25) is 0 Å². The third-order valence-corrected chi connectivity index (χ3v) is 5.81. The van der Waals surface area contributed by atoms with Crippen molar-refractivity contribution in [2.24, 2.45) is 16.3 Å². The minimum atomic E-state index is 0.0478. The number of hydrogen-bond acceptors (Lipinski definition) is 3. The van der Waals surface area contributed by atoms with Gasteiger partial charge < -0.3 is 20.3 Å². The van der Waals surface area contributed by atoms with E-state index >= 15 is 0 Å². The summed E-state index contributed by atoms with van der Waals surface area (Å²) in [5, 5.41) is 6.85. The number of methoxy groups -OCH3 is 1. The molecule has 0 aromatic heterocycles. The van der Waals surface area contributed by atoms with Gasteiger partial charge in [-0.1, -0.05) is 40.0 Å². The van der Waals surface area contributed by atoms with Crippen molar-refractivity contribution in [1.29, 1.82) is 0 Å². The van der Waals surface area contributed by atoms with Gasteiger partial charge >= 0.3 is 0 Å². The van der Waals surface area contributed by atoms with Crippen LogP contribution in [0.4, 0.5) is 0 Å². The maximum atomic E-state index is 12.8. The van der Waals surface area contributed by atoms with Crippen molar-refractivity contribution in [2.45, 2.75) is 78.4 Å². The van der Waals surface area contributed by atoms with E-state index in [1.54, 1.807) is 7.11 Å². The van der Waals surface area contributed by atoms with Crippen molar-refractivity contribution in [2.75, 3.05) is 33.3 Å². The van der Waals surface area contributed by atoms with Crippen LogP contribution in [-0.2, 0) is 9.53 Å². The Morgan fingerprint density at radius 1 is 1.22 bits per heavy atom. The Morgan fingerprint density at radius 2 is 1.93 bits per heavy atom. The molecule has 1 amide bonds. The monoisotopic (exact) mass is 380 g/mol. The number of carbonyl (C=O) groups excluding carboxylic acids is 1. The first kappa shape index (κ1) is 22.0. The fraction of sp³-hybridized carbons (Fsp3) is 0.905. The molecule has 27 heavy (non-hydrogen) atoms. The van der Waals surface area contributed by atoms with Crippen LogP contribution in [0.25, 0.3) is 0 Å². The molecule has 2 aliphatic rings. The first-order chi connectivity index (χ1) is 12.8. The quantitative estimate of drug-likeness (QED) is 0.549. The topological polar surface area (TPSA) is 66.0 Å². The molecule has 0 aromatic rings. The lowest BCUT2D eigenvalue weighted by Crippen LogP contribution is -2.46. The molecule has 0 bridgehead atoms. The molecule has 6 nitrogen and oxygen atoms in total. The highest BCUT2D eigenvalue weighted by atomic mass is 16.5. The summed E-state index contributed by atoms with van der Waals surface area (Å²) in [6.45, 7) is 11.7. The summed E-state index contributed by atoms with van der Waals surface area (Å²) < 4.78 is 5.61. The number of aliphatic imine (C=N–C) groups is 1. The van der Waals surface area contributed by atoms with Crippen LogP contribution in [0.15, 0.2) is 4.99 Å². The first-order valence-corrected chi connectivity index (χ1v) is 10.7. The SMILES string of the molecule is CCNC(=NCC(OC)C(C)(C)C)NC1CCN(C(=O)C2CCCCC2)C1. The molecule has 1 saturated heterocycles. The predicted molar refractivity (Wildman–Crippen MR) is 111 cm³/mol. The lowest BCUT2D eigenvalue weighted by atomic mass is 9.88. The van der Waals surface area contributed by atoms with Crippen LogP contribution in [0, 0.1) is 11.3 Å². The van der Waals surface area contributed by atoms with E-state index in [2.05, 4.69) is 43.2 Å². The number of rotatable bonds is 6. The molecule has 0 aromatic carbocycles. The van der Waals surface area contributed by atoms with Gasteiger partial charge in [0.05, 0.1) is 12.6 Å². The number of guanidine groups is 1. The van der Waals surface area contributed by atoms with E-state index in [1.165, 1.54) is 19.3 Å². The summed E-state index contributed by atoms with van der Waals surface area (Å²) in [6.07, 6.45) is 6.89. The van der Waals surface area contributed by atoms with E-state index in [9.17, 15) is 4.79 Å². The normalized spacial score (nSPS) is 23.4. The number of hydrogen-bond donors (Lipinski definition) is 2. The molecular formula is C21H40N4O2. The third-order valence-electron chi connectivity index (χ3n) is 5.81. The van der Waals surface area contributed by atoms with E-state index in [0.29, 0.717) is 12.5 Å². The van der Waals surface area contributed by atoms with Crippen LogP contribution in [-0.4, -0.2) is 62.2 Å². The zero-order valence-electron chi connectivity index (χ0n) is 18.0. The summed E-state index contributed by atoms with van der Waals surface area (Å²) in [6, 6.07) is 0.269. The molecular weight excluding hydrogens is 340 g/mol. The molecule has 0 spiro atoms. The summed E-state index contributed by atoms with van der Waals surface area (Å²) in [7, 11) is 1.75. The van der Waals surface area contributed by atoms with E-state index < -0.39 is 0 Å². The van der Waals surface area contributed by atoms with Crippen LogP contribution in [0.1, 0.15) is 66.2 Å². The molecule has 2 atom stereocenters. The molecule has 2 rings (SSSR count). The molecule has 1 aliphatic carbocycles. The highest BCUT2D eigenvalue weighted by molar-refractivity contribution is 5.81. The maximum absolute atomic E-state index is 12.8. The van der Waals surface area contributed by atoms with Crippen molar-refractivity contribution < 1.29 is 9.53 Å². The smallest absolute Gasteiger partial charge is 0.225 e. The van der Waals surface area contributed by atoms with Gasteiger partial charge in [-0.05, 0) is 31.6 Å². The number of nitrogens with one attached hydrogen (secondary N) is 2. The number of nitrogens with zero attached hydrogens (tertiary/aromatic N) is 2. The number of likely N-dealkylation sites (tertiary alicyclic amines) is 1. The van der Waals surface area contributed by atoms with Crippen LogP contribution < -0.4 is 10.6 Å².